The minimum atomic E-state index is -0.347. The van der Waals surface area contributed by atoms with E-state index in [1.54, 1.807) is 20.1 Å². The van der Waals surface area contributed by atoms with Crippen LogP contribution in [0.3, 0.4) is 0 Å². The van der Waals surface area contributed by atoms with Crippen molar-refractivity contribution < 1.29 is 14.3 Å². The summed E-state index contributed by atoms with van der Waals surface area (Å²) < 4.78 is 10.2. The lowest BCUT2D eigenvalue weighted by Crippen LogP contribution is -2.05. The molecule has 0 saturated heterocycles. The topological polar surface area (TPSA) is 48.4 Å². The largest absolute Gasteiger partial charge is 0.496 e. The maximum Gasteiger partial charge on any atom is 0.339 e. The van der Waals surface area contributed by atoms with Crippen molar-refractivity contribution in [1.82, 2.24) is 4.98 Å². The summed E-state index contributed by atoms with van der Waals surface area (Å²) in [4.78, 5) is 15.9. The smallest absolute Gasteiger partial charge is 0.339 e. The Bertz CT molecular complexity index is 593. The number of hydrogen-bond acceptors (Lipinski definition) is 4. The third-order valence-electron chi connectivity index (χ3n) is 2.71. The number of nitrogens with zero attached hydrogens (tertiary/aromatic N) is 1. The SMILES string of the molecule is CCOC(=O)c1cnc2cc(OC)c(C)cc2c1. The first-order valence-electron chi connectivity index (χ1n) is 5.77. The Balaban J connectivity index is 2.49. The predicted octanol–water partition coefficient (Wildman–Crippen LogP) is 2.73. The van der Waals surface area contributed by atoms with Crippen LogP contribution in [-0.4, -0.2) is 24.7 Å². The summed E-state index contributed by atoms with van der Waals surface area (Å²) in [6, 6.07) is 5.59. The van der Waals surface area contributed by atoms with Gasteiger partial charge in [0.25, 0.3) is 0 Å². The predicted molar refractivity (Wildman–Crippen MR) is 69.0 cm³/mol. The van der Waals surface area contributed by atoms with Crippen molar-refractivity contribution in [3.63, 3.8) is 0 Å². The average molecular weight is 245 g/mol. The van der Waals surface area contributed by atoms with Gasteiger partial charge in [0, 0.05) is 17.6 Å². The van der Waals surface area contributed by atoms with E-state index in [1.807, 2.05) is 19.1 Å². The first kappa shape index (κ1) is 12.4. The molecule has 0 amide bonds. The second-order valence-electron chi connectivity index (χ2n) is 3.96. The summed E-state index contributed by atoms with van der Waals surface area (Å²) in [6.07, 6.45) is 1.52. The molecule has 4 heteroatoms. The van der Waals surface area contributed by atoms with Crippen molar-refractivity contribution in [2.24, 2.45) is 0 Å². The molecule has 0 atom stereocenters. The Labute approximate surface area is 106 Å². The summed E-state index contributed by atoms with van der Waals surface area (Å²) in [5, 5.41) is 0.902. The number of pyridine rings is 1. The summed E-state index contributed by atoms with van der Waals surface area (Å²) in [6.45, 7) is 4.09. The molecule has 1 aromatic heterocycles. The maximum atomic E-state index is 11.6. The molecule has 2 rings (SSSR count). The van der Waals surface area contributed by atoms with Crippen LogP contribution in [0.2, 0.25) is 0 Å². The number of methoxy groups -OCH3 is 1. The van der Waals surface area contributed by atoms with E-state index < -0.39 is 0 Å². The van der Waals surface area contributed by atoms with Gasteiger partial charge >= 0.3 is 5.97 Å². The first-order chi connectivity index (χ1) is 8.65. The summed E-state index contributed by atoms with van der Waals surface area (Å²) in [7, 11) is 1.63. The van der Waals surface area contributed by atoms with E-state index in [1.165, 1.54) is 6.20 Å². The highest BCUT2D eigenvalue weighted by Gasteiger charge is 2.09. The van der Waals surface area contributed by atoms with Crippen LogP contribution in [0, 0.1) is 6.92 Å². The summed E-state index contributed by atoms with van der Waals surface area (Å²) >= 11 is 0. The zero-order valence-corrected chi connectivity index (χ0v) is 10.7. The molecule has 1 heterocycles. The zero-order valence-electron chi connectivity index (χ0n) is 10.7. The van der Waals surface area contributed by atoms with Crippen molar-refractivity contribution in [3.05, 3.63) is 35.5 Å². The molecule has 0 aliphatic rings. The molecule has 0 saturated carbocycles. The lowest BCUT2D eigenvalue weighted by molar-refractivity contribution is 0.0526. The van der Waals surface area contributed by atoms with E-state index in [2.05, 4.69) is 4.98 Å². The van der Waals surface area contributed by atoms with Gasteiger partial charge in [-0.3, -0.25) is 4.98 Å². The molecule has 94 valence electrons. The van der Waals surface area contributed by atoms with Crippen LogP contribution in [-0.2, 0) is 4.74 Å². The Hall–Kier alpha value is -2.10. The fourth-order valence-corrected chi connectivity index (χ4v) is 1.82. The van der Waals surface area contributed by atoms with Crippen molar-refractivity contribution in [3.8, 4) is 5.75 Å². The normalized spacial score (nSPS) is 10.4. The molecule has 1 aromatic carbocycles. The van der Waals surface area contributed by atoms with Gasteiger partial charge in [0.2, 0.25) is 0 Å². The second-order valence-corrected chi connectivity index (χ2v) is 3.96. The summed E-state index contributed by atoms with van der Waals surface area (Å²) in [5.41, 5.74) is 2.27. The van der Waals surface area contributed by atoms with Crippen molar-refractivity contribution in [2.75, 3.05) is 13.7 Å². The monoisotopic (exact) mass is 245 g/mol. The van der Waals surface area contributed by atoms with Gasteiger partial charge in [-0.05, 0) is 31.5 Å². The van der Waals surface area contributed by atoms with Crippen LogP contribution >= 0.6 is 0 Å². The third kappa shape index (κ3) is 2.27. The standard InChI is InChI=1S/C14H15NO3/c1-4-18-14(16)11-6-10-5-9(2)13(17-3)7-12(10)15-8-11/h5-8H,4H2,1-3H3. The van der Waals surface area contributed by atoms with Crippen LogP contribution in [0.4, 0.5) is 0 Å². The molecule has 0 aliphatic heterocycles. The van der Waals surface area contributed by atoms with Crippen LogP contribution in [0.5, 0.6) is 5.75 Å². The van der Waals surface area contributed by atoms with E-state index in [-0.39, 0.29) is 5.97 Å². The van der Waals surface area contributed by atoms with E-state index in [9.17, 15) is 4.79 Å². The van der Waals surface area contributed by atoms with Crippen molar-refractivity contribution >= 4 is 16.9 Å². The van der Waals surface area contributed by atoms with Gasteiger partial charge in [0.15, 0.2) is 0 Å². The number of ether oxygens (including phenoxy) is 2. The van der Waals surface area contributed by atoms with Crippen LogP contribution < -0.4 is 4.74 Å². The van der Waals surface area contributed by atoms with Gasteiger partial charge < -0.3 is 9.47 Å². The Morgan fingerprint density at radius 1 is 1.33 bits per heavy atom. The number of esters is 1. The summed E-state index contributed by atoms with van der Waals surface area (Å²) in [5.74, 6) is 0.444. The number of hydrogen-bond donors (Lipinski definition) is 0. The molecule has 0 N–H and O–H groups in total. The molecule has 0 spiro atoms. The first-order valence-corrected chi connectivity index (χ1v) is 5.77. The lowest BCUT2D eigenvalue weighted by atomic mass is 10.1. The van der Waals surface area contributed by atoms with Crippen LogP contribution in [0.1, 0.15) is 22.8 Å². The lowest BCUT2D eigenvalue weighted by Gasteiger charge is -2.07. The highest BCUT2D eigenvalue weighted by atomic mass is 16.5. The zero-order chi connectivity index (χ0) is 13.1. The quantitative estimate of drug-likeness (QED) is 0.780. The van der Waals surface area contributed by atoms with E-state index in [0.717, 1.165) is 22.2 Å². The van der Waals surface area contributed by atoms with Crippen molar-refractivity contribution in [1.29, 1.82) is 0 Å². The van der Waals surface area contributed by atoms with Gasteiger partial charge in [-0.1, -0.05) is 0 Å². The maximum absolute atomic E-state index is 11.6. The van der Waals surface area contributed by atoms with Gasteiger partial charge in [-0.25, -0.2) is 4.79 Å². The highest BCUT2D eigenvalue weighted by Crippen LogP contribution is 2.24. The molecule has 0 aliphatic carbocycles. The number of fused-ring (bicyclic) bond motifs is 1. The molecular weight excluding hydrogens is 230 g/mol. The van der Waals surface area contributed by atoms with E-state index in [4.69, 9.17) is 9.47 Å². The molecule has 0 radical (unpaired) electrons. The van der Waals surface area contributed by atoms with Gasteiger partial charge in [0.05, 0.1) is 24.8 Å². The number of carbonyl (C=O) groups excluding carboxylic acids is 1. The number of benzene rings is 1. The number of rotatable bonds is 3. The minimum absolute atomic E-state index is 0.347. The molecule has 18 heavy (non-hydrogen) atoms. The van der Waals surface area contributed by atoms with Gasteiger partial charge in [-0.2, -0.15) is 0 Å². The van der Waals surface area contributed by atoms with Crippen LogP contribution in [0.15, 0.2) is 24.4 Å². The number of aromatic nitrogens is 1. The fourth-order valence-electron chi connectivity index (χ4n) is 1.82. The molecular formula is C14H15NO3. The molecule has 0 fully saturated rings. The van der Waals surface area contributed by atoms with E-state index in [0.29, 0.717) is 12.2 Å². The average Bonchev–Trinajstić information content (AvgIpc) is 2.37. The number of aryl methyl sites for hydroxylation is 1. The van der Waals surface area contributed by atoms with Gasteiger partial charge in [-0.15, -0.1) is 0 Å². The second kappa shape index (κ2) is 5.04. The Morgan fingerprint density at radius 2 is 2.11 bits per heavy atom. The highest BCUT2D eigenvalue weighted by molar-refractivity contribution is 5.94. The van der Waals surface area contributed by atoms with Crippen molar-refractivity contribution in [2.45, 2.75) is 13.8 Å². The Kier molecular flexibility index (Phi) is 3.46. The van der Waals surface area contributed by atoms with E-state index >= 15 is 0 Å². The molecule has 4 nitrogen and oxygen atoms in total. The molecule has 0 bridgehead atoms. The van der Waals surface area contributed by atoms with Crippen LogP contribution in [0.25, 0.3) is 10.9 Å². The minimum Gasteiger partial charge on any atom is -0.496 e. The van der Waals surface area contributed by atoms with Gasteiger partial charge in [0.1, 0.15) is 5.75 Å². The molecule has 2 aromatic rings. The molecule has 0 unspecified atom stereocenters. The third-order valence-corrected chi connectivity index (χ3v) is 2.71. The number of carbonyl (C=O) groups is 1. The Morgan fingerprint density at radius 3 is 2.78 bits per heavy atom. The fraction of sp³-hybridized carbons (Fsp3) is 0.286.